The number of aromatic amines is 1. The zero-order valence-electron chi connectivity index (χ0n) is 12.1. The lowest BCUT2D eigenvalue weighted by Gasteiger charge is -2.25. The van der Waals surface area contributed by atoms with Crippen molar-refractivity contribution >= 4 is 23.0 Å². The average Bonchev–Trinajstić information content (AvgIpc) is 3.17. The van der Waals surface area contributed by atoms with Crippen molar-refractivity contribution in [2.75, 3.05) is 25.1 Å². The molecule has 2 unspecified atom stereocenters. The molecule has 2 heterocycles. The van der Waals surface area contributed by atoms with Gasteiger partial charge in [0.25, 0.3) is 0 Å². The normalized spacial score (nSPS) is 28.0. The Hall–Kier alpha value is -2.04. The van der Waals surface area contributed by atoms with Gasteiger partial charge in [-0.1, -0.05) is 18.6 Å². The molecule has 0 amide bonds. The molecule has 5 nitrogen and oxygen atoms in total. The average molecular weight is 285 g/mol. The van der Waals surface area contributed by atoms with Crippen molar-refractivity contribution in [3.8, 4) is 0 Å². The number of aromatic nitrogens is 2. The van der Waals surface area contributed by atoms with E-state index >= 15 is 0 Å². The van der Waals surface area contributed by atoms with Gasteiger partial charge in [-0.3, -0.25) is 4.79 Å². The number of esters is 1. The molecule has 2 atom stereocenters. The Morgan fingerprint density at radius 1 is 1.48 bits per heavy atom. The first kappa shape index (κ1) is 12.7. The Morgan fingerprint density at radius 2 is 2.33 bits per heavy atom. The minimum atomic E-state index is -0.326. The number of ether oxygens (including phenoxy) is 1. The molecule has 1 saturated heterocycles. The summed E-state index contributed by atoms with van der Waals surface area (Å²) in [7, 11) is 1.50. The third-order valence-corrected chi connectivity index (χ3v) is 5.14. The van der Waals surface area contributed by atoms with Crippen LogP contribution in [0.5, 0.6) is 0 Å². The van der Waals surface area contributed by atoms with Crippen LogP contribution in [0.4, 0.5) is 5.95 Å². The molecule has 4 rings (SSSR count). The standard InChI is InChI=1S/C16H19N3O2/c1-21-14(20)16-8-4-5-11(16)9-19(10-16)15-17-12-6-2-3-7-13(12)18-15/h2-3,6-7,11H,4-5,8-10H2,1H3,(H,17,18). The van der Waals surface area contributed by atoms with Crippen molar-refractivity contribution in [3.63, 3.8) is 0 Å². The Labute approximate surface area is 123 Å². The Balaban J connectivity index is 1.67. The molecule has 0 spiro atoms. The summed E-state index contributed by atoms with van der Waals surface area (Å²) in [4.78, 5) is 22.5. The highest BCUT2D eigenvalue weighted by atomic mass is 16.5. The summed E-state index contributed by atoms with van der Waals surface area (Å²) in [5, 5.41) is 0. The van der Waals surface area contributed by atoms with Crippen molar-refractivity contribution in [1.29, 1.82) is 0 Å². The maximum absolute atomic E-state index is 12.3. The number of imidazole rings is 1. The first-order valence-electron chi connectivity index (χ1n) is 7.51. The van der Waals surface area contributed by atoms with Gasteiger partial charge < -0.3 is 14.6 Å². The number of fused-ring (bicyclic) bond motifs is 2. The second-order valence-corrected chi connectivity index (χ2v) is 6.19. The number of rotatable bonds is 2. The smallest absolute Gasteiger partial charge is 0.313 e. The van der Waals surface area contributed by atoms with Crippen LogP contribution in [-0.4, -0.2) is 36.1 Å². The third kappa shape index (κ3) is 1.76. The van der Waals surface area contributed by atoms with Gasteiger partial charge in [0, 0.05) is 13.1 Å². The fourth-order valence-electron chi connectivity index (χ4n) is 4.08. The predicted molar refractivity (Wildman–Crippen MR) is 80.1 cm³/mol. The van der Waals surface area contributed by atoms with Crippen LogP contribution in [0, 0.1) is 11.3 Å². The molecular formula is C16H19N3O2. The lowest BCUT2D eigenvalue weighted by molar-refractivity contribution is -0.152. The molecule has 1 aliphatic carbocycles. The van der Waals surface area contributed by atoms with E-state index in [1.807, 2.05) is 24.3 Å². The fraction of sp³-hybridized carbons (Fsp3) is 0.500. The quantitative estimate of drug-likeness (QED) is 0.860. The number of benzene rings is 1. The van der Waals surface area contributed by atoms with Gasteiger partial charge in [-0.2, -0.15) is 0 Å². The van der Waals surface area contributed by atoms with Crippen molar-refractivity contribution < 1.29 is 9.53 Å². The molecule has 1 saturated carbocycles. The van der Waals surface area contributed by atoms with Crippen molar-refractivity contribution in [2.24, 2.45) is 11.3 Å². The summed E-state index contributed by atoms with van der Waals surface area (Å²) in [5.41, 5.74) is 1.68. The molecule has 1 N–H and O–H groups in total. The van der Waals surface area contributed by atoms with E-state index in [4.69, 9.17) is 4.74 Å². The number of carbonyl (C=O) groups excluding carboxylic acids is 1. The number of nitrogens with one attached hydrogen (secondary N) is 1. The van der Waals surface area contributed by atoms with Gasteiger partial charge in [-0.15, -0.1) is 0 Å². The van der Waals surface area contributed by atoms with E-state index in [1.165, 1.54) is 7.11 Å². The summed E-state index contributed by atoms with van der Waals surface area (Å²) >= 11 is 0. The van der Waals surface area contributed by atoms with E-state index in [2.05, 4.69) is 14.9 Å². The van der Waals surface area contributed by atoms with Crippen LogP contribution in [0.2, 0.25) is 0 Å². The second-order valence-electron chi connectivity index (χ2n) is 6.19. The van der Waals surface area contributed by atoms with Crippen LogP contribution in [0.3, 0.4) is 0 Å². The van der Waals surface area contributed by atoms with Crippen LogP contribution in [0.15, 0.2) is 24.3 Å². The lowest BCUT2D eigenvalue weighted by atomic mass is 9.81. The maximum atomic E-state index is 12.3. The Bertz CT molecular complexity index is 663. The molecule has 1 aromatic carbocycles. The molecule has 2 fully saturated rings. The van der Waals surface area contributed by atoms with Crippen LogP contribution < -0.4 is 4.90 Å². The molecule has 110 valence electrons. The summed E-state index contributed by atoms with van der Waals surface area (Å²) in [6.07, 6.45) is 3.15. The second kappa shape index (κ2) is 4.48. The molecule has 1 aromatic heterocycles. The number of hydrogen-bond donors (Lipinski definition) is 1. The van der Waals surface area contributed by atoms with Gasteiger partial charge >= 0.3 is 5.97 Å². The van der Waals surface area contributed by atoms with E-state index in [0.29, 0.717) is 12.5 Å². The zero-order chi connectivity index (χ0) is 14.4. The highest BCUT2D eigenvalue weighted by molar-refractivity contribution is 5.81. The van der Waals surface area contributed by atoms with Gasteiger partial charge in [0.05, 0.1) is 23.6 Å². The van der Waals surface area contributed by atoms with Crippen LogP contribution in [0.25, 0.3) is 11.0 Å². The summed E-state index contributed by atoms with van der Waals surface area (Å²) < 4.78 is 5.09. The summed E-state index contributed by atoms with van der Waals surface area (Å²) in [6.45, 7) is 1.60. The Morgan fingerprint density at radius 3 is 3.14 bits per heavy atom. The first-order chi connectivity index (χ1) is 10.2. The van der Waals surface area contributed by atoms with Crippen molar-refractivity contribution in [1.82, 2.24) is 9.97 Å². The van der Waals surface area contributed by atoms with E-state index in [-0.39, 0.29) is 11.4 Å². The molecule has 2 aromatic rings. The monoisotopic (exact) mass is 285 g/mol. The van der Waals surface area contributed by atoms with Gasteiger partial charge in [-0.05, 0) is 30.9 Å². The highest BCUT2D eigenvalue weighted by Crippen LogP contribution is 2.50. The van der Waals surface area contributed by atoms with E-state index in [0.717, 1.165) is 42.8 Å². The first-order valence-corrected chi connectivity index (χ1v) is 7.51. The van der Waals surface area contributed by atoms with Gasteiger partial charge in [0.15, 0.2) is 0 Å². The van der Waals surface area contributed by atoms with E-state index in [9.17, 15) is 4.79 Å². The van der Waals surface area contributed by atoms with E-state index < -0.39 is 0 Å². The minimum Gasteiger partial charge on any atom is -0.469 e. The number of nitrogens with zero attached hydrogens (tertiary/aromatic N) is 2. The number of hydrogen-bond acceptors (Lipinski definition) is 4. The third-order valence-electron chi connectivity index (χ3n) is 5.14. The number of anilines is 1. The summed E-state index contributed by atoms with van der Waals surface area (Å²) in [6, 6.07) is 8.02. The molecule has 5 heteroatoms. The molecule has 0 bridgehead atoms. The molecule has 0 radical (unpaired) electrons. The van der Waals surface area contributed by atoms with Crippen LogP contribution in [0.1, 0.15) is 19.3 Å². The molecule has 1 aliphatic heterocycles. The molecule has 21 heavy (non-hydrogen) atoms. The zero-order valence-corrected chi connectivity index (χ0v) is 12.1. The van der Waals surface area contributed by atoms with Crippen LogP contribution in [-0.2, 0) is 9.53 Å². The SMILES string of the molecule is COC(=O)C12CCCC1CN(c1nc3ccccc3[nH]1)C2. The number of para-hydroxylation sites is 2. The topological polar surface area (TPSA) is 58.2 Å². The van der Waals surface area contributed by atoms with Gasteiger partial charge in [0.2, 0.25) is 5.95 Å². The van der Waals surface area contributed by atoms with Gasteiger partial charge in [0.1, 0.15) is 0 Å². The fourth-order valence-corrected chi connectivity index (χ4v) is 4.08. The number of carbonyl (C=O) groups is 1. The number of methoxy groups -OCH3 is 1. The predicted octanol–water partition coefficient (Wildman–Crippen LogP) is 2.34. The lowest BCUT2D eigenvalue weighted by Crippen LogP contribution is -2.37. The minimum absolute atomic E-state index is 0.0522. The maximum Gasteiger partial charge on any atom is 0.313 e. The van der Waals surface area contributed by atoms with Crippen molar-refractivity contribution in [3.05, 3.63) is 24.3 Å². The molecule has 2 aliphatic rings. The number of H-pyrrole nitrogens is 1. The largest absolute Gasteiger partial charge is 0.469 e. The Kier molecular flexibility index (Phi) is 2.71. The van der Waals surface area contributed by atoms with E-state index in [1.54, 1.807) is 0 Å². The van der Waals surface area contributed by atoms with Crippen LogP contribution >= 0.6 is 0 Å². The van der Waals surface area contributed by atoms with Gasteiger partial charge in [-0.25, -0.2) is 4.98 Å². The molecular weight excluding hydrogens is 266 g/mol. The summed E-state index contributed by atoms with van der Waals surface area (Å²) in [5.74, 6) is 1.20. The highest BCUT2D eigenvalue weighted by Gasteiger charge is 2.55. The van der Waals surface area contributed by atoms with Crippen molar-refractivity contribution in [2.45, 2.75) is 19.3 Å².